The Hall–Kier alpha value is -2.23. The van der Waals surface area contributed by atoms with Crippen LogP contribution in [-0.2, 0) is 4.79 Å². The number of aliphatic hydroxyl groups excluding tert-OH is 1. The highest BCUT2D eigenvalue weighted by atomic mass is 16.3. The Kier molecular flexibility index (Phi) is 4.34. The average Bonchev–Trinajstić information content (AvgIpc) is 2.29. The van der Waals surface area contributed by atoms with Crippen LogP contribution in [0.25, 0.3) is 0 Å². The van der Waals surface area contributed by atoms with Gasteiger partial charge in [-0.2, -0.15) is 0 Å². The van der Waals surface area contributed by atoms with Crippen molar-refractivity contribution >= 4 is 17.9 Å². The molecule has 1 aromatic carbocycles. The number of aliphatic imine (C=N–C) groups is 1. The van der Waals surface area contributed by atoms with Crippen molar-refractivity contribution in [3.63, 3.8) is 0 Å². The maximum Gasteiger partial charge on any atom is 0.276 e. The number of carbonyl (C=O) groups is 2. The third-order valence-electron chi connectivity index (χ3n) is 2.10. The molecule has 0 heterocycles. The minimum absolute atomic E-state index is 0.0364. The van der Waals surface area contributed by atoms with Gasteiger partial charge in [0.05, 0.1) is 5.57 Å². The number of hydrogen-bond donors (Lipinski definition) is 1. The molecule has 0 aliphatic rings. The van der Waals surface area contributed by atoms with Crippen molar-refractivity contribution in [2.24, 2.45) is 4.99 Å². The molecule has 0 unspecified atom stereocenters. The van der Waals surface area contributed by atoms with E-state index in [-0.39, 0.29) is 17.1 Å². The largest absolute Gasteiger partial charge is 0.512 e. The van der Waals surface area contributed by atoms with Gasteiger partial charge in [0.15, 0.2) is 5.78 Å². The number of Topliss-reactive ketones (excluding diaryl/α,β-unsaturated/α-hetero) is 1. The van der Waals surface area contributed by atoms with Crippen molar-refractivity contribution in [3.8, 4) is 0 Å². The van der Waals surface area contributed by atoms with Gasteiger partial charge >= 0.3 is 0 Å². The lowest BCUT2D eigenvalue weighted by Crippen LogP contribution is -2.04. The Balaban J connectivity index is 2.89. The van der Waals surface area contributed by atoms with Gasteiger partial charge in [-0.05, 0) is 26.0 Å². The topological polar surface area (TPSA) is 66.7 Å². The number of aliphatic hydroxyl groups is 1. The maximum absolute atomic E-state index is 11.6. The van der Waals surface area contributed by atoms with E-state index < -0.39 is 5.91 Å². The molecule has 17 heavy (non-hydrogen) atoms. The highest BCUT2D eigenvalue weighted by Crippen LogP contribution is 2.03. The van der Waals surface area contributed by atoms with E-state index in [1.165, 1.54) is 13.8 Å². The molecule has 0 aliphatic carbocycles. The first-order valence-corrected chi connectivity index (χ1v) is 5.06. The van der Waals surface area contributed by atoms with Crippen LogP contribution < -0.4 is 0 Å². The number of nitrogens with zero attached hydrogens (tertiary/aromatic N) is 1. The van der Waals surface area contributed by atoms with Gasteiger partial charge in [-0.1, -0.05) is 18.2 Å². The summed E-state index contributed by atoms with van der Waals surface area (Å²) in [4.78, 5) is 26.3. The zero-order valence-corrected chi connectivity index (χ0v) is 9.68. The fourth-order valence-electron chi connectivity index (χ4n) is 1.22. The van der Waals surface area contributed by atoms with Crippen LogP contribution in [0.2, 0.25) is 0 Å². The van der Waals surface area contributed by atoms with Crippen LogP contribution in [0.15, 0.2) is 46.7 Å². The summed E-state index contributed by atoms with van der Waals surface area (Å²) in [5.74, 6) is -0.942. The molecule has 1 amide bonds. The van der Waals surface area contributed by atoms with Crippen molar-refractivity contribution < 1.29 is 14.7 Å². The predicted molar refractivity (Wildman–Crippen MR) is 65.3 cm³/mol. The lowest BCUT2D eigenvalue weighted by Gasteiger charge is -1.97. The first-order chi connectivity index (χ1) is 8.02. The standard InChI is InChI=1S/C13H13NO3/c1-9(15)12(10(2)16)8-14-13(17)11-6-4-3-5-7-11/h3-8,15H,1-2H3. The summed E-state index contributed by atoms with van der Waals surface area (Å²) in [6.07, 6.45) is 1.09. The van der Waals surface area contributed by atoms with Crippen molar-refractivity contribution in [2.45, 2.75) is 13.8 Å². The zero-order valence-electron chi connectivity index (χ0n) is 9.68. The third-order valence-corrected chi connectivity index (χ3v) is 2.10. The van der Waals surface area contributed by atoms with Crippen molar-refractivity contribution in [2.75, 3.05) is 0 Å². The summed E-state index contributed by atoms with van der Waals surface area (Å²) in [5.41, 5.74) is 0.469. The fraction of sp³-hybridized carbons (Fsp3) is 0.154. The van der Waals surface area contributed by atoms with Crippen LogP contribution >= 0.6 is 0 Å². The molecule has 1 rings (SSSR count). The minimum Gasteiger partial charge on any atom is -0.512 e. The second kappa shape index (κ2) is 5.75. The average molecular weight is 231 g/mol. The molecule has 0 radical (unpaired) electrons. The number of rotatable bonds is 3. The van der Waals surface area contributed by atoms with Gasteiger partial charge < -0.3 is 5.11 Å². The molecule has 1 aromatic rings. The summed E-state index contributed by atoms with van der Waals surface area (Å²) in [6.45, 7) is 2.67. The second-order valence-corrected chi connectivity index (χ2v) is 3.48. The van der Waals surface area contributed by atoms with E-state index in [9.17, 15) is 14.7 Å². The molecule has 0 atom stereocenters. The summed E-state index contributed by atoms with van der Waals surface area (Å²) in [6, 6.07) is 8.49. The smallest absolute Gasteiger partial charge is 0.276 e. The number of allylic oxidation sites excluding steroid dienone is 2. The number of benzene rings is 1. The van der Waals surface area contributed by atoms with Crippen molar-refractivity contribution in [1.29, 1.82) is 0 Å². The van der Waals surface area contributed by atoms with E-state index in [1.807, 2.05) is 0 Å². The Bertz CT molecular complexity index is 483. The Labute approximate surface area is 99.3 Å². The molecule has 4 heteroatoms. The van der Waals surface area contributed by atoms with E-state index in [4.69, 9.17) is 0 Å². The van der Waals surface area contributed by atoms with Gasteiger partial charge in [-0.15, -0.1) is 0 Å². The van der Waals surface area contributed by atoms with Crippen LogP contribution in [-0.4, -0.2) is 23.0 Å². The van der Waals surface area contributed by atoms with Gasteiger partial charge in [-0.25, -0.2) is 4.99 Å². The molecule has 4 nitrogen and oxygen atoms in total. The van der Waals surface area contributed by atoms with Gasteiger partial charge in [0.25, 0.3) is 5.91 Å². The molecule has 0 aromatic heterocycles. The fourth-order valence-corrected chi connectivity index (χ4v) is 1.22. The molecular formula is C13H13NO3. The van der Waals surface area contributed by atoms with E-state index in [2.05, 4.69) is 4.99 Å². The van der Waals surface area contributed by atoms with Gasteiger partial charge in [0.2, 0.25) is 0 Å². The lowest BCUT2D eigenvalue weighted by molar-refractivity contribution is -0.113. The highest BCUT2D eigenvalue weighted by Gasteiger charge is 2.07. The Morgan fingerprint density at radius 3 is 2.24 bits per heavy atom. The Morgan fingerprint density at radius 2 is 1.76 bits per heavy atom. The molecule has 0 spiro atoms. The monoisotopic (exact) mass is 231 g/mol. The van der Waals surface area contributed by atoms with Crippen molar-refractivity contribution in [3.05, 3.63) is 47.2 Å². The quantitative estimate of drug-likeness (QED) is 0.493. The first kappa shape index (κ1) is 12.8. The highest BCUT2D eigenvalue weighted by molar-refractivity contribution is 6.15. The second-order valence-electron chi connectivity index (χ2n) is 3.48. The first-order valence-electron chi connectivity index (χ1n) is 5.06. The minimum atomic E-state index is -0.453. The summed E-state index contributed by atoms with van der Waals surface area (Å²) in [5, 5.41) is 9.22. The van der Waals surface area contributed by atoms with Gasteiger partial charge in [0.1, 0.15) is 5.76 Å². The maximum atomic E-state index is 11.6. The molecule has 0 saturated carbocycles. The van der Waals surface area contributed by atoms with Gasteiger partial charge in [-0.3, -0.25) is 9.59 Å². The Morgan fingerprint density at radius 1 is 1.18 bits per heavy atom. The normalized spacial score (nSPS) is 12.4. The van der Waals surface area contributed by atoms with Crippen LogP contribution in [0.1, 0.15) is 24.2 Å². The predicted octanol–water partition coefficient (Wildman–Crippen LogP) is 2.32. The SMILES string of the molecule is CC(=O)C(C=NC(=O)c1ccccc1)=C(C)O. The summed E-state index contributed by atoms with van der Waals surface area (Å²) in [7, 11) is 0. The number of carbonyl (C=O) groups excluding carboxylic acids is 2. The van der Waals surface area contributed by atoms with E-state index in [1.54, 1.807) is 30.3 Å². The number of hydrogen-bond acceptors (Lipinski definition) is 3. The molecule has 0 bridgehead atoms. The number of ketones is 1. The van der Waals surface area contributed by atoms with Crippen LogP contribution in [0, 0.1) is 0 Å². The number of amides is 1. The third kappa shape index (κ3) is 3.68. The van der Waals surface area contributed by atoms with Gasteiger partial charge in [0, 0.05) is 11.8 Å². The molecule has 88 valence electrons. The molecule has 1 N–H and O–H groups in total. The van der Waals surface area contributed by atoms with E-state index in [0.717, 1.165) is 6.21 Å². The van der Waals surface area contributed by atoms with Crippen molar-refractivity contribution in [1.82, 2.24) is 0 Å². The van der Waals surface area contributed by atoms with Crippen LogP contribution in [0.4, 0.5) is 0 Å². The summed E-state index contributed by atoms with van der Waals surface area (Å²) < 4.78 is 0. The molecule has 0 saturated heterocycles. The van der Waals surface area contributed by atoms with E-state index in [0.29, 0.717) is 5.56 Å². The zero-order chi connectivity index (χ0) is 12.8. The molecular weight excluding hydrogens is 218 g/mol. The molecule has 0 fully saturated rings. The van der Waals surface area contributed by atoms with E-state index >= 15 is 0 Å². The lowest BCUT2D eigenvalue weighted by atomic mass is 10.2. The van der Waals surface area contributed by atoms with Crippen LogP contribution in [0.3, 0.4) is 0 Å². The van der Waals surface area contributed by atoms with Crippen LogP contribution in [0.5, 0.6) is 0 Å². The summed E-state index contributed by atoms with van der Waals surface area (Å²) >= 11 is 0. The molecule has 0 aliphatic heterocycles.